The highest BCUT2D eigenvalue weighted by molar-refractivity contribution is 7.89. The molecule has 31 heavy (non-hydrogen) atoms. The van der Waals surface area contributed by atoms with Crippen LogP contribution in [0.1, 0.15) is 37.3 Å². The van der Waals surface area contributed by atoms with Crippen LogP contribution < -0.4 is 4.72 Å². The molecule has 1 saturated heterocycles. The highest BCUT2D eigenvalue weighted by Gasteiger charge is 2.31. The van der Waals surface area contributed by atoms with Crippen LogP contribution in [0.3, 0.4) is 0 Å². The molecule has 0 bridgehead atoms. The summed E-state index contributed by atoms with van der Waals surface area (Å²) in [4.78, 5) is 15.0. The van der Waals surface area contributed by atoms with Gasteiger partial charge in [-0.2, -0.15) is 4.72 Å². The van der Waals surface area contributed by atoms with Crippen LogP contribution >= 0.6 is 11.6 Å². The van der Waals surface area contributed by atoms with E-state index in [9.17, 15) is 17.6 Å². The zero-order chi connectivity index (χ0) is 22.6. The number of hydrogen-bond acceptors (Lipinski definition) is 3. The zero-order valence-electron chi connectivity index (χ0n) is 17.8. The number of likely N-dealkylation sites (tertiary alicyclic amines) is 1. The first kappa shape index (κ1) is 23.7. The van der Waals surface area contributed by atoms with Gasteiger partial charge in [-0.15, -0.1) is 0 Å². The molecule has 2 aromatic rings. The van der Waals surface area contributed by atoms with Crippen molar-refractivity contribution < 1.29 is 17.6 Å². The SMILES string of the molecule is Cc1cc(F)ccc1S(=O)(=O)NC(CCc1ccccc1Cl)C(=O)N1CCC(C)CC1. The molecule has 0 aliphatic carbocycles. The molecule has 3 rings (SSSR count). The molecule has 1 heterocycles. The molecule has 1 aliphatic rings. The lowest BCUT2D eigenvalue weighted by molar-refractivity contribution is -0.134. The molecular weight excluding hydrogens is 439 g/mol. The Morgan fingerprint density at radius 2 is 1.90 bits per heavy atom. The number of amides is 1. The first-order valence-electron chi connectivity index (χ1n) is 10.5. The number of sulfonamides is 1. The third-order valence-corrected chi connectivity index (χ3v) is 7.78. The van der Waals surface area contributed by atoms with E-state index in [2.05, 4.69) is 11.6 Å². The van der Waals surface area contributed by atoms with Gasteiger partial charge in [0.2, 0.25) is 15.9 Å². The summed E-state index contributed by atoms with van der Waals surface area (Å²) in [6.45, 7) is 4.90. The second kappa shape index (κ2) is 10.1. The smallest absolute Gasteiger partial charge is 0.241 e. The summed E-state index contributed by atoms with van der Waals surface area (Å²) in [5.74, 6) is -0.197. The first-order valence-corrected chi connectivity index (χ1v) is 12.3. The lowest BCUT2D eigenvalue weighted by atomic mass is 9.98. The van der Waals surface area contributed by atoms with Gasteiger partial charge in [-0.3, -0.25) is 4.79 Å². The number of hydrogen-bond donors (Lipinski definition) is 1. The van der Waals surface area contributed by atoms with Crippen LogP contribution in [0.25, 0.3) is 0 Å². The summed E-state index contributed by atoms with van der Waals surface area (Å²) in [7, 11) is -4.01. The summed E-state index contributed by atoms with van der Waals surface area (Å²) in [5.41, 5.74) is 1.14. The molecule has 1 amide bonds. The quantitative estimate of drug-likeness (QED) is 0.660. The van der Waals surface area contributed by atoms with E-state index in [1.807, 2.05) is 18.2 Å². The second-order valence-corrected chi connectivity index (χ2v) is 10.3. The number of carbonyl (C=O) groups is 1. The van der Waals surface area contributed by atoms with Crippen molar-refractivity contribution in [3.05, 3.63) is 64.4 Å². The van der Waals surface area contributed by atoms with Gasteiger partial charge in [0, 0.05) is 18.1 Å². The van der Waals surface area contributed by atoms with Crippen molar-refractivity contribution in [2.24, 2.45) is 5.92 Å². The predicted octanol–water partition coefficient (Wildman–Crippen LogP) is 4.33. The number of rotatable bonds is 7. The maximum atomic E-state index is 13.5. The topological polar surface area (TPSA) is 66.5 Å². The fraction of sp³-hybridized carbons (Fsp3) is 0.435. The first-order chi connectivity index (χ1) is 14.7. The average molecular weight is 467 g/mol. The summed E-state index contributed by atoms with van der Waals surface area (Å²) < 4.78 is 42.2. The fourth-order valence-corrected chi connectivity index (χ4v) is 5.53. The normalized spacial score (nSPS) is 16.3. The van der Waals surface area contributed by atoms with Crippen molar-refractivity contribution in [1.29, 1.82) is 0 Å². The van der Waals surface area contributed by atoms with E-state index < -0.39 is 21.9 Å². The van der Waals surface area contributed by atoms with Crippen LogP contribution in [0.4, 0.5) is 4.39 Å². The number of nitrogens with zero attached hydrogens (tertiary/aromatic N) is 1. The monoisotopic (exact) mass is 466 g/mol. The highest BCUT2D eigenvalue weighted by atomic mass is 35.5. The molecule has 8 heteroatoms. The van der Waals surface area contributed by atoms with E-state index in [0.29, 0.717) is 30.5 Å². The minimum absolute atomic E-state index is 0.0308. The molecule has 1 N–H and O–H groups in total. The van der Waals surface area contributed by atoms with E-state index in [1.54, 1.807) is 11.0 Å². The van der Waals surface area contributed by atoms with Crippen LogP contribution in [0.15, 0.2) is 47.4 Å². The summed E-state index contributed by atoms with van der Waals surface area (Å²) in [6, 6.07) is 9.88. The number of halogens is 2. The largest absolute Gasteiger partial charge is 0.341 e. The van der Waals surface area contributed by atoms with Crippen molar-refractivity contribution in [3.8, 4) is 0 Å². The number of aryl methyl sites for hydroxylation is 2. The maximum absolute atomic E-state index is 13.5. The Balaban J connectivity index is 1.83. The van der Waals surface area contributed by atoms with Gasteiger partial charge in [-0.05, 0) is 73.9 Å². The molecule has 1 aliphatic heterocycles. The number of piperidine rings is 1. The highest BCUT2D eigenvalue weighted by Crippen LogP contribution is 2.22. The van der Waals surface area contributed by atoms with E-state index >= 15 is 0 Å². The van der Waals surface area contributed by atoms with Crippen LogP contribution in [0.5, 0.6) is 0 Å². The molecule has 0 spiro atoms. The second-order valence-electron chi connectivity index (χ2n) is 8.22. The van der Waals surface area contributed by atoms with Crippen molar-refractivity contribution in [2.75, 3.05) is 13.1 Å². The van der Waals surface area contributed by atoms with Gasteiger partial charge >= 0.3 is 0 Å². The maximum Gasteiger partial charge on any atom is 0.241 e. The van der Waals surface area contributed by atoms with E-state index in [4.69, 9.17) is 11.6 Å². The van der Waals surface area contributed by atoms with Crippen molar-refractivity contribution in [2.45, 2.75) is 50.5 Å². The van der Waals surface area contributed by atoms with Gasteiger partial charge in [0.1, 0.15) is 11.9 Å². The average Bonchev–Trinajstić information content (AvgIpc) is 2.72. The Kier molecular flexibility index (Phi) is 7.73. The van der Waals surface area contributed by atoms with E-state index in [-0.39, 0.29) is 22.8 Å². The molecular formula is C23H28ClFN2O3S. The molecule has 2 aromatic carbocycles. The molecule has 0 aromatic heterocycles. The number of nitrogens with one attached hydrogen (secondary N) is 1. The third kappa shape index (κ3) is 6.05. The Bertz CT molecular complexity index is 1040. The predicted molar refractivity (Wildman–Crippen MR) is 120 cm³/mol. The van der Waals surface area contributed by atoms with Crippen molar-refractivity contribution in [3.63, 3.8) is 0 Å². The van der Waals surface area contributed by atoms with Crippen LogP contribution in [0, 0.1) is 18.7 Å². The number of benzene rings is 2. The summed E-state index contributed by atoms with van der Waals surface area (Å²) in [6.07, 6.45) is 2.51. The number of carbonyl (C=O) groups excluding carboxylic acids is 1. The molecule has 0 radical (unpaired) electrons. The van der Waals surface area contributed by atoms with Crippen molar-refractivity contribution >= 4 is 27.5 Å². The molecule has 0 saturated carbocycles. The standard InChI is InChI=1S/C23H28ClFN2O3S/c1-16-11-13-27(14-12-16)23(28)21(9-7-18-5-3-4-6-20(18)24)26-31(29,30)22-10-8-19(25)15-17(22)2/h3-6,8,10,15-16,21,26H,7,9,11-14H2,1-2H3. The Morgan fingerprint density at radius 3 is 2.55 bits per heavy atom. The van der Waals surface area contributed by atoms with Crippen LogP contribution in [-0.2, 0) is 21.2 Å². The van der Waals surface area contributed by atoms with Crippen LogP contribution in [0.2, 0.25) is 5.02 Å². The molecule has 1 unspecified atom stereocenters. The van der Waals surface area contributed by atoms with Gasteiger partial charge < -0.3 is 4.90 Å². The Labute approximate surface area is 188 Å². The van der Waals surface area contributed by atoms with Crippen molar-refractivity contribution in [1.82, 2.24) is 9.62 Å². The Morgan fingerprint density at radius 1 is 1.23 bits per heavy atom. The Hall–Kier alpha value is -1.96. The lowest BCUT2D eigenvalue weighted by Gasteiger charge is -2.33. The fourth-order valence-electron chi connectivity index (χ4n) is 3.85. The summed E-state index contributed by atoms with van der Waals surface area (Å²) in [5, 5.41) is 0.581. The van der Waals surface area contributed by atoms with Gasteiger partial charge in [-0.25, -0.2) is 12.8 Å². The van der Waals surface area contributed by atoms with E-state index in [0.717, 1.165) is 24.5 Å². The molecule has 1 fully saturated rings. The minimum Gasteiger partial charge on any atom is -0.341 e. The third-order valence-electron chi connectivity index (χ3n) is 5.78. The zero-order valence-corrected chi connectivity index (χ0v) is 19.3. The minimum atomic E-state index is -4.01. The van der Waals surface area contributed by atoms with Crippen LogP contribution in [-0.4, -0.2) is 38.4 Å². The van der Waals surface area contributed by atoms with Gasteiger partial charge in [0.25, 0.3) is 0 Å². The van der Waals surface area contributed by atoms with Gasteiger partial charge in [0.15, 0.2) is 0 Å². The summed E-state index contributed by atoms with van der Waals surface area (Å²) >= 11 is 6.25. The van der Waals surface area contributed by atoms with E-state index in [1.165, 1.54) is 19.1 Å². The van der Waals surface area contributed by atoms with Gasteiger partial charge in [-0.1, -0.05) is 36.7 Å². The molecule has 168 valence electrons. The van der Waals surface area contributed by atoms with Gasteiger partial charge in [0.05, 0.1) is 4.90 Å². The lowest BCUT2D eigenvalue weighted by Crippen LogP contribution is -2.50. The molecule has 5 nitrogen and oxygen atoms in total. The molecule has 1 atom stereocenters.